The first kappa shape index (κ1) is 12.4. The highest BCUT2D eigenvalue weighted by Crippen LogP contribution is 2.43. The number of hydrogen-bond acceptors (Lipinski definition) is 2. The lowest BCUT2D eigenvalue weighted by Gasteiger charge is -2.18. The molecule has 0 spiro atoms. The lowest BCUT2D eigenvalue weighted by Crippen LogP contribution is -2.32. The predicted octanol–water partition coefficient (Wildman–Crippen LogP) is 2.63. The highest BCUT2D eigenvalue weighted by Gasteiger charge is 2.41. The Bertz CT molecular complexity index is 526. The van der Waals surface area contributed by atoms with Crippen molar-refractivity contribution in [3.63, 3.8) is 0 Å². The summed E-state index contributed by atoms with van der Waals surface area (Å²) < 4.78 is 26.4. The maximum Gasteiger partial charge on any atom is 0.267 e. The molecule has 1 saturated heterocycles. The quantitative estimate of drug-likeness (QED) is 0.836. The standard InChI is InChI=1S/C14H16F2N2O/c15-14(16)5-6-18(8-14)13(19)11-4-3-10(17)7-12(11)9-1-2-9/h3-4,7,9H,1-2,5-6,8,17H2. The van der Waals surface area contributed by atoms with Gasteiger partial charge in [0.1, 0.15) is 0 Å². The van der Waals surface area contributed by atoms with E-state index in [9.17, 15) is 13.6 Å². The molecule has 2 aliphatic rings. The molecule has 1 amide bonds. The molecule has 19 heavy (non-hydrogen) atoms. The Morgan fingerprint density at radius 1 is 1.37 bits per heavy atom. The molecular weight excluding hydrogens is 250 g/mol. The summed E-state index contributed by atoms with van der Waals surface area (Å²) in [6.45, 7) is -0.347. The van der Waals surface area contributed by atoms with E-state index < -0.39 is 12.5 Å². The second kappa shape index (κ2) is 4.18. The molecular formula is C14H16F2N2O. The number of nitrogen functional groups attached to an aromatic ring is 1. The third kappa shape index (κ3) is 2.41. The number of nitrogens with two attached hydrogens (primary N) is 1. The van der Waals surface area contributed by atoms with E-state index in [2.05, 4.69) is 0 Å². The smallest absolute Gasteiger partial charge is 0.267 e. The molecule has 1 aromatic rings. The molecule has 5 heteroatoms. The molecule has 1 heterocycles. The van der Waals surface area contributed by atoms with Gasteiger partial charge in [-0.3, -0.25) is 4.79 Å². The maximum absolute atomic E-state index is 13.2. The first-order chi connectivity index (χ1) is 8.96. The van der Waals surface area contributed by atoms with Gasteiger partial charge < -0.3 is 10.6 Å². The molecule has 1 aromatic carbocycles. The molecule has 0 aromatic heterocycles. The second-order valence-electron chi connectivity index (χ2n) is 5.45. The van der Waals surface area contributed by atoms with Crippen molar-refractivity contribution in [1.82, 2.24) is 4.90 Å². The molecule has 3 rings (SSSR count). The zero-order chi connectivity index (χ0) is 13.6. The summed E-state index contributed by atoms with van der Waals surface area (Å²) in [5.74, 6) is -2.67. The van der Waals surface area contributed by atoms with E-state index in [0.717, 1.165) is 18.4 Å². The Hall–Kier alpha value is -1.65. The molecule has 2 N–H and O–H groups in total. The van der Waals surface area contributed by atoms with Crippen molar-refractivity contribution in [3.8, 4) is 0 Å². The van der Waals surface area contributed by atoms with Crippen molar-refractivity contribution in [1.29, 1.82) is 0 Å². The van der Waals surface area contributed by atoms with Crippen molar-refractivity contribution < 1.29 is 13.6 Å². The Morgan fingerprint density at radius 2 is 2.11 bits per heavy atom. The highest BCUT2D eigenvalue weighted by atomic mass is 19.3. The van der Waals surface area contributed by atoms with Crippen molar-refractivity contribution in [2.24, 2.45) is 0 Å². The molecule has 0 unspecified atom stereocenters. The predicted molar refractivity (Wildman–Crippen MR) is 68.3 cm³/mol. The van der Waals surface area contributed by atoms with Crippen LogP contribution in [0.2, 0.25) is 0 Å². The van der Waals surface area contributed by atoms with Crippen LogP contribution in [0.5, 0.6) is 0 Å². The van der Waals surface area contributed by atoms with Crippen molar-refractivity contribution in [3.05, 3.63) is 29.3 Å². The van der Waals surface area contributed by atoms with Gasteiger partial charge in [0.25, 0.3) is 11.8 Å². The topological polar surface area (TPSA) is 46.3 Å². The summed E-state index contributed by atoms with van der Waals surface area (Å²) in [4.78, 5) is 13.6. The second-order valence-corrected chi connectivity index (χ2v) is 5.45. The zero-order valence-electron chi connectivity index (χ0n) is 10.5. The molecule has 1 saturated carbocycles. The van der Waals surface area contributed by atoms with E-state index >= 15 is 0 Å². The van der Waals surface area contributed by atoms with Crippen LogP contribution in [-0.4, -0.2) is 29.8 Å². The Labute approximate surface area is 110 Å². The molecule has 102 valence electrons. The first-order valence-corrected chi connectivity index (χ1v) is 6.53. The Balaban J connectivity index is 1.88. The maximum atomic E-state index is 13.2. The van der Waals surface area contributed by atoms with Gasteiger partial charge in [-0.1, -0.05) is 0 Å². The van der Waals surface area contributed by atoms with Crippen LogP contribution < -0.4 is 5.73 Å². The largest absolute Gasteiger partial charge is 0.399 e. The fraction of sp³-hybridized carbons (Fsp3) is 0.500. The van der Waals surface area contributed by atoms with Crippen molar-refractivity contribution in [2.75, 3.05) is 18.8 Å². The van der Waals surface area contributed by atoms with Gasteiger partial charge in [-0.2, -0.15) is 0 Å². The average molecular weight is 266 g/mol. The fourth-order valence-corrected chi connectivity index (χ4v) is 2.59. The van der Waals surface area contributed by atoms with E-state index in [-0.39, 0.29) is 18.9 Å². The summed E-state index contributed by atoms with van der Waals surface area (Å²) >= 11 is 0. The van der Waals surface area contributed by atoms with Crippen LogP contribution in [0.3, 0.4) is 0 Å². The highest BCUT2D eigenvalue weighted by molar-refractivity contribution is 5.96. The summed E-state index contributed by atoms with van der Waals surface area (Å²) in [7, 11) is 0. The van der Waals surface area contributed by atoms with Gasteiger partial charge in [0.05, 0.1) is 6.54 Å². The van der Waals surface area contributed by atoms with E-state index in [1.165, 1.54) is 4.90 Å². The van der Waals surface area contributed by atoms with Gasteiger partial charge >= 0.3 is 0 Å². The molecule has 2 fully saturated rings. The number of carbonyl (C=O) groups is 1. The lowest BCUT2D eigenvalue weighted by molar-refractivity contribution is 0.0120. The van der Waals surface area contributed by atoms with E-state index in [4.69, 9.17) is 5.73 Å². The van der Waals surface area contributed by atoms with Gasteiger partial charge in [0, 0.05) is 24.2 Å². The minimum Gasteiger partial charge on any atom is -0.399 e. The Kier molecular flexibility index (Phi) is 2.73. The fourth-order valence-electron chi connectivity index (χ4n) is 2.59. The van der Waals surface area contributed by atoms with Gasteiger partial charge in [-0.15, -0.1) is 0 Å². The van der Waals surface area contributed by atoms with Gasteiger partial charge in [-0.25, -0.2) is 8.78 Å². The van der Waals surface area contributed by atoms with Crippen molar-refractivity contribution >= 4 is 11.6 Å². The van der Waals surface area contributed by atoms with Crippen LogP contribution in [0.15, 0.2) is 18.2 Å². The number of anilines is 1. The molecule has 3 nitrogen and oxygen atoms in total. The molecule has 1 aliphatic carbocycles. The van der Waals surface area contributed by atoms with Crippen molar-refractivity contribution in [2.45, 2.75) is 31.1 Å². The van der Waals surface area contributed by atoms with Gasteiger partial charge in [0.15, 0.2) is 0 Å². The number of likely N-dealkylation sites (tertiary alicyclic amines) is 1. The Morgan fingerprint density at radius 3 is 2.68 bits per heavy atom. The third-order valence-electron chi connectivity index (χ3n) is 3.78. The molecule has 0 radical (unpaired) electrons. The van der Waals surface area contributed by atoms with Crippen LogP contribution in [0.25, 0.3) is 0 Å². The third-order valence-corrected chi connectivity index (χ3v) is 3.78. The summed E-state index contributed by atoms with van der Waals surface area (Å²) in [5, 5.41) is 0. The summed E-state index contributed by atoms with van der Waals surface area (Å²) in [5.41, 5.74) is 7.81. The first-order valence-electron chi connectivity index (χ1n) is 6.53. The van der Waals surface area contributed by atoms with Crippen LogP contribution in [0.4, 0.5) is 14.5 Å². The SMILES string of the molecule is Nc1ccc(C(=O)N2CCC(F)(F)C2)c(C2CC2)c1. The monoisotopic (exact) mass is 266 g/mol. The van der Waals surface area contributed by atoms with Gasteiger partial charge in [-0.05, 0) is 42.5 Å². The van der Waals surface area contributed by atoms with E-state index in [1.54, 1.807) is 18.2 Å². The van der Waals surface area contributed by atoms with Crippen LogP contribution in [0.1, 0.15) is 41.1 Å². The summed E-state index contributed by atoms with van der Waals surface area (Å²) in [6, 6.07) is 5.13. The summed E-state index contributed by atoms with van der Waals surface area (Å²) in [6.07, 6.45) is 1.84. The van der Waals surface area contributed by atoms with E-state index in [1.807, 2.05) is 0 Å². The average Bonchev–Trinajstić information content (AvgIpc) is 3.13. The number of hydrogen-bond donors (Lipinski definition) is 1. The number of nitrogens with zero attached hydrogens (tertiary/aromatic N) is 1. The molecule has 0 atom stereocenters. The molecule has 0 bridgehead atoms. The molecule has 1 aliphatic heterocycles. The normalized spacial score (nSPS) is 21.7. The number of alkyl halides is 2. The number of amides is 1. The number of carbonyl (C=O) groups excluding carboxylic acids is 1. The number of rotatable bonds is 2. The van der Waals surface area contributed by atoms with Gasteiger partial charge in [0.2, 0.25) is 0 Å². The minimum absolute atomic E-state index is 0.125. The lowest BCUT2D eigenvalue weighted by atomic mass is 10.0. The van der Waals surface area contributed by atoms with Crippen LogP contribution in [0, 0.1) is 0 Å². The van der Waals surface area contributed by atoms with E-state index in [0.29, 0.717) is 17.2 Å². The zero-order valence-corrected chi connectivity index (χ0v) is 10.5. The number of benzene rings is 1. The van der Waals surface area contributed by atoms with Crippen LogP contribution >= 0.6 is 0 Å². The van der Waals surface area contributed by atoms with Crippen LogP contribution in [-0.2, 0) is 0 Å². The minimum atomic E-state index is -2.75. The number of halogens is 2.